The number of hydrogen-bond donors (Lipinski definition) is 1. The molecule has 2 unspecified atom stereocenters. The molecule has 0 bridgehead atoms. The molecular weight excluding hydrogens is 234 g/mol. The monoisotopic (exact) mass is 263 g/mol. The molecule has 2 atom stereocenters. The molecule has 3 nitrogen and oxygen atoms in total. The van der Waals surface area contributed by atoms with Crippen LogP contribution < -0.4 is 5.32 Å². The van der Waals surface area contributed by atoms with Gasteiger partial charge in [-0.05, 0) is 46.1 Å². The molecule has 0 aliphatic heterocycles. The van der Waals surface area contributed by atoms with Crippen molar-refractivity contribution in [2.24, 2.45) is 5.92 Å². The minimum Gasteiger partial charge on any atom is -0.314 e. The highest BCUT2D eigenvalue weighted by atomic mass is 32.2. The van der Waals surface area contributed by atoms with E-state index < -0.39 is 14.6 Å². The summed E-state index contributed by atoms with van der Waals surface area (Å²) in [5.41, 5.74) is 0. The van der Waals surface area contributed by atoms with Crippen molar-refractivity contribution in [1.82, 2.24) is 5.32 Å². The summed E-state index contributed by atoms with van der Waals surface area (Å²) in [6.07, 6.45) is 1.79. The van der Waals surface area contributed by atoms with Crippen LogP contribution in [0.1, 0.15) is 54.4 Å². The molecule has 1 N–H and O–H groups in total. The van der Waals surface area contributed by atoms with Crippen LogP contribution >= 0.6 is 0 Å². The molecule has 0 saturated heterocycles. The van der Waals surface area contributed by atoms with Crippen molar-refractivity contribution >= 4 is 9.84 Å². The van der Waals surface area contributed by atoms with E-state index in [0.717, 1.165) is 19.4 Å². The van der Waals surface area contributed by atoms with Gasteiger partial charge >= 0.3 is 0 Å². The molecule has 0 aromatic heterocycles. The minimum atomic E-state index is -2.98. The van der Waals surface area contributed by atoms with Crippen LogP contribution in [0.25, 0.3) is 0 Å². The van der Waals surface area contributed by atoms with E-state index in [-0.39, 0.29) is 0 Å². The summed E-state index contributed by atoms with van der Waals surface area (Å²) < 4.78 is 23.4. The van der Waals surface area contributed by atoms with Crippen molar-refractivity contribution < 1.29 is 8.42 Å². The van der Waals surface area contributed by atoms with E-state index in [1.54, 1.807) is 20.8 Å². The van der Waals surface area contributed by atoms with Crippen LogP contribution in [0.4, 0.5) is 0 Å². The molecule has 0 aliphatic carbocycles. The zero-order chi connectivity index (χ0) is 13.7. The summed E-state index contributed by atoms with van der Waals surface area (Å²) in [4.78, 5) is 0. The standard InChI is InChI=1S/C13H29NO2S/c1-7-12(14-8-2)11(3)9-10-17(15,16)13(4,5)6/h11-12,14H,7-10H2,1-6H3. The Morgan fingerprint density at radius 1 is 1.18 bits per heavy atom. The van der Waals surface area contributed by atoms with Gasteiger partial charge in [0.1, 0.15) is 0 Å². The van der Waals surface area contributed by atoms with E-state index in [9.17, 15) is 8.42 Å². The van der Waals surface area contributed by atoms with Gasteiger partial charge < -0.3 is 5.32 Å². The average Bonchev–Trinajstić information content (AvgIpc) is 2.21. The Labute approximate surface area is 107 Å². The van der Waals surface area contributed by atoms with Gasteiger partial charge in [0, 0.05) is 6.04 Å². The third-order valence-electron chi connectivity index (χ3n) is 3.37. The second-order valence-electron chi connectivity index (χ2n) is 5.77. The average molecular weight is 263 g/mol. The predicted octanol–water partition coefficient (Wildman–Crippen LogP) is 2.61. The van der Waals surface area contributed by atoms with Crippen LogP contribution in [0.3, 0.4) is 0 Å². The zero-order valence-corrected chi connectivity index (χ0v) is 13.0. The van der Waals surface area contributed by atoms with Gasteiger partial charge in [-0.15, -0.1) is 0 Å². The van der Waals surface area contributed by atoms with E-state index in [2.05, 4.69) is 26.1 Å². The van der Waals surface area contributed by atoms with Gasteiger partial charge in [-0.25, -0.2) is 8.42 Å². The van der Waals surface area contributed by atoms with E-state index in [1.807, 2.05) is 0 Å². The number of sulfone groups is 1. The number of rotatable bonds is 7. The maximum absolute atomic E-state index is 12.0. The summed E-state index contributed by atoms with van der Waals surface area (Å²) in [5, 5.41) is 3.41. The summed E-state index contributed by atoms with van der Waals surface area (Å²) in [6, 6.07) is 0.426. The summed E-state index contributed by atoms with van der Waals surface area (Å²) in [7, 11) is -2.98. The Morgan fingerprint density at radius 2 is 1.71 bits per heavy atom. The summed E-state index contributed by atoms with van der Waals surface area (Å²) in [5.74, 6) is 0.691. The Kier molecular flexibility index (Phi) is 6.70. The lowest BCUT2D eigenvalue weighted by atomic mass is 9.97. The molecule has 0 fully saturated rings. The highest BCUT2D eigenvalue weighted by Gasteiger charge is 2.29. The lowest BCUT2D eigenvalue weighted by Crippen LogP contribution is -2.37. The van der Waals surface area contributed by atoms with E-state index in [0.29, 0.717) is 17.7 Å². The van der Waals surface area contributed by atoms with Gasteiger partial charge in [-0.2, -0.15) is 0 Å². The van der Waals surface area contributed by atoms with Crippen LogP contribution in [-0.4, -0.2) is 31.5 Å². The maximum Gasteiger partial charge on any atom is 0.155 e. The first-order valence-electron chi connectivity index (χ1n) is 6.61. The Morgan fingerprint density at radius 3 is 2.06 bits per heavy atom. The molecule has 17 heavy (non-hydrogen) atoms. The van der Waals surface area contributed by atoms with Crippen molar-refractivity contribution in [1.29, 1.82) is 0 Å². The molecular formula is C13H29NO2S. The third kappa shape index (κ3) is 5.38. The van der Waals surface area contributed by atoms with Gasteiger partial charge in [-0.3, -0.25) is 0 Å². The molecule has 0 rings (SSSR count). The van der Waals surface area contributed by atoms with Crippen molar-refractivity contribution in [2.45, 2.75) is 65.2 Å². The third-order valence-corrected chi connectivity index (χ3v) is 6.01. The van der Waals surface area contributed by atoms with Crippen LogP contribution in [0, 0.1) is 5.92 Å². The molecule has 0 radical (unpaired) electrons. The minimum absolute atomic E-state index is 0.291. The van der Waals surface area contributed by atoms with E-state index >= 15 is 0 Å². The highest BCUT2D eigenvalue weighted by Crippen LogP contribution is 2.20. The topological polar surface area (TPSA) is 46.2 Å². The molecule has 0 aromatic carbocycles. The first kappa shape index (κ1) is 16.9. The first-order valence-corrected chi connectivity index (χ1v) is 8.26. The summed E-state index contributed by atoms with van der Waals surface area (Å²) >= 11 is 0. The van der Waals surface area contributed by atoms with E-state index in [1.165, 1.54) is 0 Å². The lowest BCUT2D eigenvalue weighted by Gasteiger charge is -2.25. The molecule has 0 heterocycles. The summed E-state index contributed by atoms with van der Waals surface area (Å²) in [6.45, 7) is 12.6. The largest absolute Gasteiger partial charge is 0.314 e. The molecule has 0 aliphatic rings. The molecule has 0 aromatic rings. The first-order chi connectivity index (χ1) is 7.65. The Hall–Kier alpha value is -0.0900. The normalized spacial score (nSPS) is 16.8. The molecule has 0 saturated carbocycles. The highest BCUT2D eigenvalue weighted by molar-refractivity contribution is 7.92. The molecule has 4 heteroatoms. The lowest BCUT2D eigenvalue weighted by molar-refractivity contribution is 0.363. The van der Waals surface area contributed by atoms with Gasteiger partial charge in [-0.1, -0.05) is 20.8 Å². The molecule has 0 spiro atoms. The van der Waals surface area contributed by atoms with Gasteiger partial charge in [0.05, 0.1) is 10.5 Å². The van der Waals surface area contributed by atoms with E-state index in [4.69, 9.17) is 0 Å². The van der Waals surface area contributed by atoms with Crippen molar-refractivity contribution in [3.05, 3.63) is 0 Å². The number of hydrogen-bond acceptors (Lipinski definition) is 3. The van der Waals surface area contributed by atoms with Crippen LogP contribution in [-0.2, 0) is 9.84 Å². The smallest absolute Gasteiger partial charge is 0.155 e. The molecule has 104 valence electrons. The zero-order valence-electron chi connectivity index (χ0n) is 12.2. The fourth-order valence-corrected chi connectivity index (χ4v) is 3.15. The van der Waals surface area contributed by atoms with Crippen LogP contribution in [0.15, 0.2) is 0 Å². The second kappa shape index (κ2) is 6.74. The van der Waals surface area contributed by atoms with Crippen molar-refractivity contribution in [3.63, 3.8) is 0 Å². The maximum atomic E-state index is 12.0. The Bertz CT molecular complexity index is 304. The van der Waals surface area contributed by atoms with Gasteiger partial charge in [0.15, 0.2) is 9.84 Å². The van der Waals surface area contributed by atoms with Gasteiger partial charge in [0.2, 0.25) is 0 Å². The van der Waals surface area contributed by atoms with Crippen LogP contribution in [0.5, 0.6) is 0 Å². The van der Waals surface area contributed by atoms with Crippen molar-refractivity contribution in [2.75, 3.05) is 12.3 Å². The van der Waals surface area contributed by atoms with Gasteiger partial charge in [0.25, 0.3) is 0 Å². The van der Waals surface area contributed by atoms with Crippen LogP contribution in [0.2, 0.25) is 0 Å². The predicted molar refractivity (Wildman–Crippen MR) is 75.1 cm³/mol. The SMILES string of the molecule is CCNC(CC)C(C)CCS(=O)(=O)C(C)(C)C. The van der Waals surface area contributed by atoms with Crippen molar-refractivity contribution in [3.8, 4) is 0 Å². The Balaban J connectivity index is 4.38. The fraction of sp³-hybridized carbons (Fsp3) is 1.00. The number of nitrogens with one attached hydrogen (secondary N) is 1. The second-order valence-corrected chi connectivity index (χ2v) is 8.63. The molecule has 0 amide bonds. The quantitative estimate of drug-likeness (QED) is 0.768. The fourth-order valence-electron chi connectivity index (χ4n) is 1.86.